The fourth-order valence-electron chi connectivity index (χ4n) is 1.41. The predicted molar refractivity (Wildman–Crippen MR) is 46.6 cm³/mol. The topological polar surface area (TPSA) is 38.0 Å². The van der Waals surface area contributed by atoms with E-state index in [1.165, 1.54) is 12.1 Å². The fourth-order valence-corrected chi connectivity index (χ4v) is 1.41. The quantitative estimate of drug-likeness (QED) is 0.716. The third-order valence-corrected chi connectivity index (χ3v) is 2.07. The van der Waals surface area contributed by atoms with Gasteiger partial charge in [-0.2, -0.15) is 5.10 Å². The van der Waals surface area contributed by atoms with Gasteiger partial charge >= 0.3 is 0 Å². The summed E-state index contributed by atoms with van der Waals surface area (Å²) >= 11 is 0. The number of nitrogens with zero attached hydrogens (tertiary/aromatic N) is 2. The molecule has 68 valence electrons. The zero-order valence-electron chi connectivity index (χ0n) is 7.16. The minimum atomic E-state index is -0.310. The highest BCUT2D eigenvalue weighted by molar-refractivity contribution is 5.81. The number of fused-ring (bicyclic) bond motifs is 1. The molecule has 0 fully saturated rings. The van der Waals surface area contributed by atoms with Crippen molar-refractivity contribution in [2.24, 2.45) is 7.05 Å². The van der Waals surface area contributed by atoms with Gasteiger partial charge in [-0.05, 0) is 18.2 Å². The Morgan fingerprint density at radius 1 is 1.54 bits per heavy atom. The largest absolute Gasteiger partial charge is 0.390 e. The third kappa shape index (κ3) is 1.19. The van der Waals surface area contributed by atoms with Crippen LogP contribution in [0.2, 0.25) is 0 Å². The van der Waals surface area contributed by atoms with Crippen LogP contribution in [0.15, 0.2) is 18.2 Å². The van der Waals surface area contributed by atoms with Crippen LogP contribution < -0.4 is 0 Å². The number of aliphatic hydroxyl groups is 1. The Bertz CT molecular complexity index is 450. The molecule has 0 radical (unpaired) electrons. The van der Waals surface area contributed by atoms with Crippen molar-refractivity contribution >= 4 is 10.9 Å². The number of aromatic nitrogens is 2. The van der Waals surface area contributed by atoms with Crippen molar-refractivity contribution in [2.75, 3.05) is 0 Å². The number of benzene rings is 1. The van der Waals surface area contributed by atoms with Gasteiger partial charge in [0.1, 0.15) is 5.82 Å². The van der Waals surface area contributed by atoms with E-state index in [2.05, 4.69) is 5.10 Å². The summed E-state index contributed by atoms with van der Waals surface area (Å²) in [7, 11) is 1.73. The molecule has 0 spiro atoms. The number of hydrogen-bond donors (Lipinski definition) is 1. The fraction of sp³-hybridized carbons (Fsp3) is 0.222. The highest BCUT2D eigenvalue weighted by atomic mass is 19.1. The molecule has 0 bridgehead atoms. The Balaban J connectivity index is 2.80. The van der Waals surface area contributed by atoms with Crippen molar-refractivity contribution in [3.8, 4) is 0 Å². The first kappa shape index (κ1) is 8.19. The summed E-state index contributed by atoms with van der Waals surface area (Å²) in [6.45, 7) is -0.129. The molecular formula is C9H9FN2O. The van der Waals surface area contributed by atoms with Crippen LogP contribution in [0.3, 0.4) is 0 Å². The maximum atomic E-state index is 12.8. The van der Waals surface area contributed by atoms with E-state index < -0.39 is 0 Å². The summed E-state index contributed by atoms with van der Waals surface area (Å²) in [4.78, 5) is 0. The summed E-state index contributed by atoms with van der Waals surface area (Å²) in [6, 6.07) is 4.34. The van der Waals surface area contributed by atoms with Crippen LogP contribution in [0.5, 0.6) is 0 Å². The van der Waals surface area contributed by atoms with Gasteiger partial charge in [0.25, 0.3) is 0 Å². The molecule has 0 atom stereocenters. The first-order valence-electron chi connectivity index (χ1n) is 3.94. The Morgan fingerprint density at radius 3 is 3.00 bits per heavy atom. The van der Waals surface area contributed by atoms with Crippen molar-refractivity contribution in [3.05, 3.63) is 29.7 Å². The molecule has 1 aromatic carbocycles. The highest BCUT2D eigenvalue weighted by Crippen LogP contribution is 2.18. The van der Waals surface area contributed by atoms with Gasteiger partial charge in [0.05, 0.1) is 17.8 Å². The minimum absolute atomic E-state index is 0.129. The average molecular weight is 180 g/mol. The first-order valence-corrected chi connectivity index (χ1v) is 3.94. The molecule has 0 aliphatic carbocycles. The minimum Gasteiger partial charge on any atom is -0.390 e. The zero-order chi connectivity index (χ0) is 9.42. The predicted octanol–water partition coefficient (Wildman–Crippen LogP) is 1.20. The van der Waals surface area contributed by atoms with Gasteiger partial charge in [-0.25, -0.2) is 4.39 Å². The monoisotopic (exact) mass is 180 g/mol. The van der Waals surface area contributed by atoms with Crippen LogP contribution in [0.4, 0.5) is 4.39 Å². The highest BCUT2D eigenvalue weighted by Gasteiger charge is 2.07. The van der Waals surface area contributed by atoms with Crippen molar-refractivity contribution in [2.45, 2.75) is 6.61 Å². The second kappa shape index (κ2) is 2.81. The van der Waals surface area contributed by atoms with Gasteiger partial charge in [-0.15, -0.1) is 0 Å². The van der Waals surface area contributed by atoms with E-state index in [1.807, 2.05) is 0 Å². The molecule has 1 N–H and O–H groups in total. The third-order valence-electron chi connectivity index (χ3n) is 2.07. The van der Waals surface area contributed by atoms with E-state index in [0.29, 0.717) is 16.6 Å². The van der Waals surface area contributed by atoms with Crippen LogP contribution in [0.1, 0.15) is 5.69 Å². The molecule has 2 aromatic rings. The van der Waals surface area contributed by atoms with Gasteiger partial charge in [-0.1, -0.05) is 0 Å². The molecule has 0 aliphatic rings. The van der Waals surface area contributed by atoms with E-state index in [1.54, 1.807) is 17.8 Å². The number of hydrogen-bond acceptors (Lipinski definition) is 2. The van der Waals surface area contributed by atoms with Crippen molar-refractivity contribution < 1.29 is 9.50 Å². The van der Waals surface area contributed by atoms with Crippen molar-refractivity contribution in [1.29, 1.82) is 0 Å². The Labute approximate surface area is 74.4 Å². The molecule has 0 aliphatic heterocycles. The number of halogens is 1. The van der Waals surface area contributed by atoms with Gasteiger partial charge in [0, 0.05) is 12.4 Å². The molecule has 0 unspecified atom stereocenters. The van der Waals surface area contributed by atoms with E-state index in [-0.39, 0.29) is 12.4 Å². The molecule has 13 heavy (non-hydrogen) atoms. The Kier molecular flexibility index (Phi) is 1.77. The number of aryl methyl sites for hydroxylation is 1. The Hall–Kier alpha value is -1.42. The lowest BCUT2D eigenvalue weighted by atomic mass is 10.2. The second-order valence-electron chi connectivity index (χ2n) is 2.89. The molecular weight excluding hydrogens is 171 g/mol. The second-order valence-corrected chi connectivity index (χ2v) is 2.89. The number of rotatable bonds is 1. The number of aliphatic hydroxyl groups excluding tert-OH is 1. The summed E-state index contributed by atoms with van der Waals surface area (Å²) in [5, 5.41) is 13.8. The molecule has 0 saturated carbocycles. The van der Waals surface area contributed by atoms with E-state index in [4.69, 9.17) is 5.11 Å². The molecule has 1 aromatic heterocycles. The van der Waals surface area contributed by atoms with Gasteiger partial charge in [-0.3, -0.25) is 4.68 Å². The maximum Gasteiger partial charge on any atom is 0.124 e. The lowest BCUT2D eigenvalue weighted by Crippen LogP contribution is -1.97. The van der Waals surface area contributed by atoms with Crippen LogP contribution in [-0.2, 0) is 13.7 Å². The van der Waals surface area contributed by atoms with Crippen LogP contribution in [-0.4, -0.2) is 14.9 Å². The molecule has 2 rings (SSSR count). The smallest absolute Gasteiger partial charge is 0.124 e. The maximum absolute atomic E-state index is 12.8. The van der Waals surface area contributed by atoms with E-state index in [9.17, 15) is 4.39 Å². The van der Waals surface area contributed by atoms with Gasteiger partial charge < -0.3 is 5.11 Å². The lowest BCUT2D eigenvalue weighted by molar-refractivity contribution is 0.272. The van der Waals surface area contributed by atoms with E-state index in [0.717, 1.165) is 0 Å². The van der Waals surface area contributed by atoms with E-state index >= 15 is 0 Å². The SMILES string of the molecule is Cn1nc2ccc(F)cc2c1CO. The van der Waals surface area contributed by atoms with Crippen LogP contribution in [0, 0.1) is 5.82 Å². The zero-order valence-corrected chi connectivity index (χ0v) is 7.16. The molecule has 0 saturated heterocycles. The molecule has 0 amide bonds. The van der Waals surface area contributed by atoms with Crippen LogP contribution >= 0.6 is 0 Å². The van der Waals surface area contributed by atoms with Crippen molar-refractivity contribution in [1.82, 2.24) is 9.78 Å². The lowest BCUT2D eigenvalue weighted by Gasteiger charge is -1.95. The summed E-state index contributed by atoms with van der Waals surface area (Å²) in [5.41, 5.74) is 1.34. The normalized spacial score (nSPS) is 11.0. The molecule has 4 heteroatoms. The summed E-state index contributed by atoms with van der Waals surface area (Å²) < 4.78 is 14.4. The van der Waals surface area contributed by atoms with Gasteiger partial charge in [0.15, 0.2) is 0 Å². The Morgan fingerprint density at radius 2 is 2.31 bits per heavy atom. The first-order chi connectivity index (χ1) is 6.22. The summed E-state index contributed by atoms with van der Waals surface area (Å²) in [5.74, 6) is -0.310. The van der Waals surface area contributed by atoms with Gasteiger partial charge in [0.2, 0.25) is 0 Å². The average Bonchev–Trinajstić information content (AvgIpc) is 2.40. The van der Waals surface area contributed by atoms with Crippen molar-refractivity contribution in [3.63, 3.8) is 0 Å². The molecule has 1 heterocycles. The summed E-state index contributed by atoms with van der Waals surface area (Å²) in [6.07, 6.45) is 0. The molecule has 3 nitrogen and oxygen atoms in total. The van der Waals surface area contributed by atoms with Crippen LogP contribution in [0.25, 0.3) is 10.9 Å². The standard InChI is InChI=1S/C9H9FN2O/c1-12-9(5-13)7-4-6(10)2-3-8(7)11-12/h2-4,13H,5H2,1H3.